The zero-order valence-electron chi connectivity index (χ0n) is 12.1. The topological polar surface area (TPSA) is 98.8 Å². The molecule has 0 aliphatic rings. The molecule has 8 nitrogen and oxygen atoms in total. The first-order valence-electron chi connectivity index (χ1n) is 6.97. The summed E-state index contributed by atoms with van der Waals surface area (Å²) in [6.07, 6.45) is 4.57. The Labute approximate surface area is 132 Å². The summed E-state index contributed by atoms with van der Waals surface area (Å²) in [6.45, 7) is 0.470. The molecule has 0 spiro atoms. The van der Waals surface area contributed by atoms with Crippen LogP contribution >= 0.6 is 0 Å². The third kappa shape index (κ3) is 3.49. The van der Waals surface area contributed by atoms with E-state index in [1.807, 2.05) is 30.3 Å². The van der Waals surface area contributed by atoms with Gasteiger partial charge in [0, 0.05) is 12.3 Å². The lowest BCUT2D eigenvalue weighted by Gasteiger charge is -2.19. The molecule has 2 heterocycles. The van der Waals surface area contributed by atoms with Crippen molar-refractivity contribution >= 4 is 11.5 Å². The Morgan fingerprint density at radius 3 is 2.74 bits per heavy atom. The van der Waals surface area contributed by atoms with Crippen LogP contribution < -0.4 is 5.32 Å². The number of nitrogens with zero attached hydrogens (tertiary/aromatic N) is 5. The largest absolute Gasteiger partial charge is 0.356 e. The Morgan fingerprint density at radius 1 is 1.22 bits per heavy atom. The molecule has 0 fully saturated rings. The average molecular weight is 310 g/mol. The normalized spacial score (nSPS) is 11.8. The van der Waals surface area contributed by atoms with Gasteiger partial charge in [0.1, 0.15) is 12.7 Å². The summed E-state index contributed by atoms with van der Waals surface area (Å²) in [5, 5.41) is 18.4. The molecular weight excluding hydrogens is 296 g/mol. The van der Waals surface area contributed by atoms with Gasteiger partial charge in [-0.2, -0.15) is 5.10 Å². The van der Waals surface area contributed by atoms with Crippen LogP contribution in [0.2, 0.25) is 0 Å². The molecule has 1 N–H and O–H groups in total. The van der Waals surface area contributed by atoms with Gasteiger partial charge in [0.25, 0.3) is 0 Å². The summed E-state index contributed by atoms with van der Waals surface area (Å²) in [5.41, 5.74) is 0.912. The third-order valence-corrected chi connectivity index (χ3v) is 3.33. The molecule has 0 aliphatic heterocycles. The van der Waals surface area contributed by atoms with Crippen molar-refractivity contribution in [3.05, 3.63) is 77.0 Å². The fraction of sp³-hybridized carbons (Fsp3) is 0.133. The molecule has 3 aromatic rings. The monoisotopic (exact) mass is 310 g/mol. The summed E-state index contributed by atoms with van der Waals surface area (Å²) in [7, 11) is 0. The van der Waals surface area contributed by atoms with E-state index in [1.165, 1.54) is 24.7 Å². The van der Waals surface area contributed by atoms with Crippen LogP contribution in [-0.4, -0.2) is 24.7 Å². The van der Waals surface area contributed by atoms with Gasteiger partial charge in [-0.15, -0.1) is 0 Å². The number of rotatable bonds is 6. The molecule has 8 heteroatoms. The summed E-state index contributed by atoms with van der Waals surface area (Å²) in [6, 6.07) is 12.4. The molecule has 23 heavy (non-hydrogen) atoms. The van der Waals surface area contributed by atoms with Crippen LogP contribution in [-0.2, 0) is 6.54 Å². The van der Waals surface area contributed by atoms with Crippen LogP contribution in [0.15, 0.2) is 61.3 Å². The van der Waals surface area contributed by atoms with Crippen molar-refractivity contribution in [2.24, 2.45) is 0 Å². The quantitative estimate of drug-likeness (QED) is 0.554. The number of hydrogen-bond donors (Lipinski definition) is 1. The van der Waals surface area contributed by atoms with Crippen molar-refractivity contribution in [1.29, 1.82) is 0 Å². The number of benzene rings is 1. The molecule has 0 unspecified atom stereocenters. The lowest BCUT2D eigenvalue weighted by atomic mass is 10.1. The maximum absolute atomic E-state index is 11.2. The minimum Gasteiger partial charge on any atom is -0.356 e. The molecule has 1 aromatic carbocycles. The number of pyridine rings is 1. The summed E-state index contributed by atoms with van der Waals surface area (Å²) in [5.74, 6) is 0.228. The van der Waals surface area contributed by atoms with E-state index in [-0.39, 0.29) is 17.5 Å². The standard InChI is InChI=1S/C15H14N6O2/c22-21(23)14-7-4-8-17-15(14)19-13(9-20-11-16-10-18-20)12-5-2-1-3-6-12/h1-8,10-11,13H,9H2,(H,17,19)/t13-/m0/s1. The molecule has 1 atom stereocenters. The van der Waals surface area contributed by atoms with Crippen molar-refractivity contribution in [2.75, 3.05) is 5.32 Å². The van der Waals surface area contributed by atoms with Gasteiger partial charge in [-0.25, -0.2) is 9.97 Å². The Hall–Kier alpha value is -3.29. The maximum atomic E-state index is 11.2. The van der Waals surface area contributed by atoms with Crippen LogP contribution in [0.4, 0.5) is 11.5 Å². The molecule has 2 aromatic heterocycles. The lowest BCUT2D eigenvalue weighted by Crippen LogP contribution is -2.19. The summed E-state index contributed by atoms with van der Waals surface area (Å²) in [4.78, 5) is 18.7. The van der Waals surface area contributed by atoms with Crippen LogP contribution in [0.1, 0.15) is 11.6 Å². The Bertz CT molecular complexity index is 776. The van der Waals surface area contributed by atoms with Gasteiger partial charge in [-0.3, -0.25) is 14.8 Å². The highest BCUT2D eigenvalue weighted by molar-refractivity contribution is 5.56. The van der Waals surface area contributed by atoms with E-state index in [1.54, 1.807) is 11.0 Å². The molecule has 0 saturated heterocycles. The van der Waals surface area contributed by atoms with E-state index in [4.69, 9.17) is 0 Å². The average Bonchev–Trinajstić information content (AvgIpc) is 3.08. The molecule has 116 valence electrons. The van der Waals surface area contributed by atoms with Gasteiger partial charge < -0.3 is 5.32 Å². The molecule has 3 rings (SSSR count). The van der Waals surface area contributed by atoms with Gasteiger partial charge in [0.15, 0.2) is 0 Å². The van der Waals surface area contributed by atoms with Crippen LogP contribution in [0.25, 0.3) is 0 Å². The number of nitrogens with one attached hydrogen (secondary N) is 1. The zero-order valence-corrected chi connectivity index (χ0v) is 12.1. The second kappa shape index (κ2) is 6.65. The molecule has 0 radical (unpaired) electrons. The van der Waals surface area contributed by atoms with Gasteiger partial charge in [-0.05, 0) is 11.6 Å². The minimum absolute atomic E-state index is 0.0629. The van der Waals surface area contributed by atoms with E-state index in [2.05, 4.69) is 20.4 Å². The number of anilines is 1. The number of aromatic nitrogens is 4. The second-order valence-corrected chi connectivity index (χ2v) is 4.85. The lowest BCUT2D eigenvalue weighted by molar-refractivity contribution is -0.384. The smallest absolute Gasteiger partial charge is 0.311 e. The van der Waals surface area contributed by atoms with Crippen molar-refractivity contribution < 1.29 is 4.92 Å². The Balaban J connectivity index is 1.91. The fourth-order valence-electron chi connectivity index (χ4n) is 2.25. The number of hydrogen-bond acceptors (Lipinski definition) is 6. The van der Waals surface area contributed by atoms with Crippen LogP contribution in [0, 0.1) is 10.1 Å². The highest BCUT2D eigenvalue weighted by Crippen LogP contribution is 2.26. The SMILES string of the molecule is O=[N+]([O-])c1cccnc1N[C@@H](Cn1cncn1)c1ccccc1. The first kappa shape index (κ1) is 14.6. The van der Waals surface area contributed by atoms with Crippen LogP contribution in [0.3, 0.4) is 0 Å². The Kier molecular flexibility index (Phi) is 4.23. The highest BCUT2D eigenvalue weighted by atomic mass is 16.6. The minimum atomic E-state index is -0.452. The predicted molar refractivity (Wildman–Crippen MR) is 83.7 cm³/mol. The van der Waals surface area contributed by atoms with E-state index >= 15 is 0 Å². The van der Waals surface area contributed by atoms with E-state index in [0.29, 0.717) is 6.54 Å². The summed E-state index contributed by atoms with van der Waals surface area (Å²) < 4.78 is 1.67. The molecular formula is C15H14N6O2. The van der Waals surface area contributed by atoms with E-state index in [0.717, 1.165) is 5.56 Å². The Morgan fingerprint density at radius 2 is 2.04 bits per heavy atom. The van der Waals surface area contributed by atoms with Crippen molar-refractivity contribution in [3.63, 3.8) is 0 Å². The second-order valence-electron chi connectivity index (χ2n) is 4.85. The molecule has 0 aliphatic carbocycles. The van der Waals surface area contributed by atoms with E-state index < -0.39 is 4.92 Å². The predicted octanol–water partition coefficient (Wildman–Crippen LogP) is 2.43. The maximum Gasteiger partial charge on any atom is 0.311 e. The fourth-order valence-corrected chi connectivity index (χ4v) is 2.25. The summed E-state index contributed by atoms with van der Waals surface area (Å²) >= 11 is 0. The third-order valence-electron chi connectivity index (χ3n) is 3.33. The molecule has 0 bridgehead atoms. The zero-order chi connectivity index (χ0) is 16.1. The van der Waals surface area contributed by atoms with Gasteiger partial charge in [0.05, 0.1) is 17.5 Å². The van der Waals surface area contributed by atoms with E-state index in [9.17, 15) is 10.1 Å². The first-order chi connectivity index (χ1) is 11.2. The van der Waals surface area contributed by atoms with Crippen LogP contribution in [0.5, 0.6) is 0 Å². The van der Waals surface area contributed by atoms with Crippen molar-refractivity contribution in [1.82, 2.24) is 19.7 Å². The van der Waals surface area contributed by atoms with Gasteiger partial charge >= 0.3 is 5.69 Å². The van der Waals surface area contributed by atoms with Gasteiger partial charge in [0.2, 0.25) is 5.82 Å². The highest BCUT2D eigenvalue weighted by Gasteiger charge is 2.19. The van der Waals surface area contributed by atoms with Crippen molar-refractivity contribution in [2.45, 2.75) is 12.6 Å². The number of nitro groups is 1. The van der Waals surface area contributed by atoms with Gasteiger partial charge in [-0.1, -0.05) is 30.3 Å². The molecule has 0 amide bonds. The van der Waals surface area contributed by atoms with Crippen molar-refractivity contribution in [3.8, 4) is 0 Å². The molecule has 0 saturated carbocycles. The first-order valence-corrected chi connectivity index (χ1v) is 6.97.